The van der Waals surface area contributed by atoms with Crippen LogP contribution in [-0.4, -0.2) is 0 Å². The molecule has 0 spiro atoms. The molecule has 0 aromatic rings. The predicted octanol–water partition coefficient (Wildman–Crippen LogP) is 3.96. The van der Waals surface area contributed by atoms with E-state index in [4.69, 9.17) is 0 Å². The van der Waals surface area contributed by atoms with Crippen molar-refractivity contribution in [2.45, 2.75) is 47.5 Å². The van der Waals surface area contributed by atoms with Gasteiger partial charge in [0, 0.05) is 0 Å². The van der Waals surface area contributed by atoms with Gasteiger partial charge in [-0.2, -0.15) is 0 Å². The molecular weight excluding hydrogens is 156 g/mol. The molecule has 0 heteroatoms. The van der Waals surface area contributed by atoms with Crippen LogP contribution in [0.15, 0.2) is 0 Å². The maximum Gasteiger partial charge on any atom is -0.0295 e. The van der Waals surface area contributed by atoms with Gasteiger partial charge in [-0.3, -0.25) is 0 Å². The van der Waals surface area contributed by atoms with Crippen molar-refractivity contribution >= 4 is 0 Å². The van der Waals surface area contributed by atoms with Crippen LogP contribution in [-0.2, 0) is 0 Å². The fourth-order valence-electron chi connectivity index (χ4n) is 4.07. The third-order valence-corrected chi connectivity index (χ3v) is 5.27. The molecular formula is C13H24. The Kier molecular flexibility index (Phi) is 2.02. The lowest BCUT2D eigenvalue weighted by Gasteiger charge is -2.63. The van der Waals surface area contributed by atoms with Crippen molar-refractivity contribution in [1.82, 2.24) is 0 Å². The monoisotopic (exact) mass is 180 g/mol. The molecule has 1 unspecified atom stereocenters. The zero-order valence-electron chi connectivity index (χ0n) is 9.80. The fourth-order valence-corrected chi connectivity index (χ4v) is 4.07. The Bertz CT molecular complexity index is 200. The lowest BCUT2D eigenvalue weighted by atomic mass is 9.42. The fraction of sp³-hybridized carbons (Fsp3) is 1.00. The lowest BCUT2D eigenvalue weighted by Crippen LogP contribution is -2.55. The Hall–Kier alpha value is 0. The van der Waals surface area contributed by atoms with Crippen LogP contribution >= 0.6 is 0 Å². The summed E-state index contributed by atoms with van der Waals surface area (Å²) < 4.78 is 0. The third kappa shape index (κ3) is 1.17. The first-order chi connectivity index (χ1) is 5.94. The van der Waals surface area contributed by atoms with Gasteiger partial charge in [0.1, 0.15) is 0 Å². The number of fused-ring (bicyclic) bond motifs is 2. The van der Waals surface area contributed by atoms with Crippen molar-refractivity contribution in [3.63, 3.8) is 0 Å². The summed E-state index contributed by atoms with van der Waals surface area (Å²) in [6.45, 7) is 12.3. The highest BCUT2D eigenvalue weighted by atomic mass is 14.6. The summed E-state index contributed by atoms with van der Waals surface area (Å²) in [4.78, 5) is 0. The maximum atomic E-state index is 2.49. The Labute approximate surface area is 83.1 Å². The normalized spacial score (nSPS) is 47.5. The standard InChI is InChI=1S/C13H24/c1-8(2)11-6-10-7-12(9(11)3)13(10,4)5/h8-12H,6-7H2,1-5H3/t9-,10?,11-,12+/m1/s1. The van der Waals surface area contributed by atoms with Gasteiger partial charge in [0.15, 0.2) is 0 Å². The summed E-state index contributed by atoms with van der Waals surface area (Å²) >= 11 is 0. The molecule has 3 aliphatic rings. The summed E-state index contributed by atoms with van der Waals surface area (Å²) in [7, 11) is 0. The smallest absolute Gasteiger partial charge is 0.0295 e. The average molecular weight is 180 g/mol. The molecule has 0 aromatic carbocycles. The van der Waals surface area contributed by atoms with Gasteiger partial charge < -0.3 is 0 Å². The van der Waals surface area contributed by atoms with Gasteiger partial charge in [-0.15, -0.1) is 0 Å². The highest BCUT2D eigenvalue weighted by Gasteiger charge is 2.56. The minimum atomic E-state index is 0.671. The number of hydrogen-bond acceptors (Lipinski definition) is 0. The van der Waals surface area contributed by atoms with Gasteiger partial charge in [0.2, 0.25) is 0 Å². The summed E-state index contributed by atoms with van der Waals surface area (Å²) in [6, 6.07) is 0. The first-order valence-electron chi connectivity index (χ1n) is 5.94. The van der Waals surface area contributed by atoms with Gasteiger partial charge in [0.25, 0.3) is 0 Å². The van der Waals surface area contributed by atoms with Crippen molar-refractivity contribution in [3.8, 4) is 0 Å². The van der Waals surface area contributed by atoms with E-state index >= 15 is 0 Å². The molecule has 3 rings (SSSR count). The average Bonchev–Trinajstić information content (AvgIpc) is 2.02. The van der Waals surface area contributed by atoms with Crippen molar-refractivity contribution in [2.24, 2.45) is 35.0 Å². The van der Waals surface area contributed by atoms with Crippen molar-refractivity contribution in [3.05, 3.63) is 0 Å². The summed E-state index contributed by atoms with van der Waals surface area (Å²) in [6.07, 6.45) is 3.03. The molecule has 0 amide bonds. The van der Waals surface area contributed by atoms with E-state index in [1.807, 2.05) is 0 Å². The van der Waals surface area contributed by atoms with Gasteiger partial charge in [-0.05, 0) is 47.8 Å². The number of hydrogen-bond donors (Lipinski definition) is 0. The van der Waals surface area contributed by atoms with Crippen LogP contribution in [0.1, 0.15) is 47.5 Å². The van der Waals surface area contributed by atoms with Gasteiger partial charge in [0.05, 0.1) is 0 Å². The molecule has 2 bridgehead atoms. The van der Waals surface area contributed by atoms with Crippen LogP contribution in [0.2, 0.25) is 0 Å². The largest absolute Gasteiger partial charge is 0.0625 e. The van der Waals surface area contributed by atoms with Crippen LogP contribution in [0.25, 0.3) is 0 Å². The minimum absolute atomic E-state index is 0.671. The Balaban J connectivity index is 2.12. The Morgan fingerprint density at radius 2 is 1.77 bits per heavy atom. The molecule has 0 saturated heterocycles. The molecule has 76 valence electrons. The van der Waals surface area contributed by atoms with Crippen molar-refractivity contribution in [2.75, 3.05) is 0 Å². The first-order valence-corrected chi connectivity index (χ1v) is 5.94. The molecule has 4 atom stereocenters. The first kappa shape index (κ1) is 9.55. The second kappa shape index (κ2) is 2.74. The van der Waals surface area contributed by atoms with Gasteiger partial charge in [-0.25, -0.2) is 0 Å². The highest BCUT2D eigenvalue weighted by Crippen LogP contribution is 2.63. The van der Waals surface area contributed by atoms with Gasteiger partial charge >= 0.3 is 0 Å². The van der Waals surface area contributed by atoms with Crippen LogP contribution in [0.4, 0.5) is 0 Å². The van der Waals surface area contributed by atoms with Crippen LogP contribution in [0, 0.1) is 35.0 Å². The Morgan fingerprint density at radius 1 is 1.15 bits per heavy atom. The highest BCUT2D eigenvalue weighted by molar-refractivity contribution is 5.05. The second-order valence-electron chi connectivity index (χ2n) is 6.36. The predicted molar refractivity (Wildman–Crippen MR) is 57.5 cm³/mol. The van der Waals surface area contributed by atoms with E-state index in [-0.39, 0.29) is 0 Å². The quantitative estimate of drug-likeness (QED) is 0.573. The van der Waals surface area contributed by atoms with E-state index in [9.17, 15) is 0 Å². The summed E-state index contributed by atoms with van der Waals surface area (Å²) in [5.41, 5.74) is 0.671. The molecule has 3 aliphatic carbocycles. The van der Waals surface area contributed by atoms with E-state index in [0.717, 1.165) is 29.6 Å². The second-order valence-corrected chi connectivity index (χ2v) is 6.36. The van der Waals surface area contributed by atoms with Crippen LogP contribution < -0.4 is 0 Å². The molecule has 3 saturated carbocycles. The number of rotatable bonds is 1. The molecule has 0 N–H and O–H groups in total. The zero-order valence-corrected chi connectivity index (χ0v) is 9.80. The van der Waals surface area contributed by atoms with Crippen LogP contribution in [0.3, 0.4) is 0 Å². The molecule has 0 aromatic heterocycles. The molecule has 0 aliphatic heterocycles. The summed E-state index contributed by atoms with van der Waals surface area (Å²) in [5.74, 6) is 4.95. The van der Waals surface area contributed by atoms with E-state index in [1.165, 1.54) is 12.8 Å². The molecule has 3 fully saturated rings. The van der Waals surface area contributed by atoms with Crippen LogP contribution in [0.5, 0.6) is 0 Å². The minimum Gasteiger partial charge on any atom is -0.0625 e. The maximum absolute atomic E-state index is 2.49. The topological polar surface area (TPSA) is 0 Å². The zero-order chi connectivity index (χ0) is 9.80. The molecule has 0 nitrogen and oxygen atoms in total. The van der Waals surface area contributed by atoms with Gasteiger partial charge in [-0.1, -0.05) is 34.6 Å². The van der Waals surface area contributed by atoms with Crippen molar-refractivity contribution < 1.29 is 0 Å². The molecule has 0 radical (unpaired) electrons. The van der Waals surface area contributed by atoms with Crippen molar-refractivity contribution in [1.29, 1.82) is 0 Å². The molecule has 13 heavy (non-hydrogen) atoms. The van der Waals surface area contributed by atoms with E-state index in [1.54, 1.807) is 0 Å². The molecule has 0 heterocycles. The Morgan fingerprint density at radius 3 is 2.15 bits per heavy atom. The van der Waals surface area contributed by atoms with E-state index in [0.29, 0.717) is 5.41 Å². The SMILES string of the molecule is CC(C)[C@H]1CC2C[C@@H]([C@@H]1C)C2(C)C. The lowest BCUT2D eigenvalue weighted by molar-refractivity contribution is -0.137. The van der Waals surface area contributed by atoms with E-state index < -0.39 is 0 Å². The van der Waals surface area contributed by atoms with E-state index in [2.05, 4.69) is 34.6 Å². The summed E-state index contributed by atoms with van der Waals surface area (Å²) in [5, 5.41) is 0. The third-order valence-electron chi connectivity index (χ3n) is 5.27.